The highest BCUT2D eigenvalue weighted by molar-refractivity contribution is 5.81. The van der Waals surface area contributed by atoms with Gasteiger partial charge in [0.2, 0.25) is 0 Å². The van der Waals surface area contributed by atoms with Crippen LogP contribution in [-0.2, 0) is 4.74 Å². The maximum Gasteiger partial charge on any atom is 0.167 e. The van der Waals surface area contributed by atoms with Crippen molar-refractivity contribution >= 4 is 17.0 Å². The molecule has 1 fully saturated rings. The molecule has 96 valence electrons. The van der Waals surface area contributed by atoms with Crippen LogP contribution in [0.4, 0.5) is 5.82 Å². The Balaban J connectivity index is 1.89. The Bertz CT molecular complexity index is 555. The van der Waals surface area contributed by atoms with Crippen molar-refractivity contribution in [3.05, 3.63) is 12.7 Å². The van der Waals surface area contributed by atoms with E-state index in [-0.39, 0.29) is 12.8 Å². The van der Waals surface area contributed by atoms with Crippen LogP contribution in [0.3, 0.4) is 0 Å². The Morgan fingerprint density at radius 2 is 2.33 bits per heavy atom. The van der Waals surface area contributed by atoms with Gasteiger partial charge in [0, 0.05) is 6.61 Å². The van der Waals surface area contributed by atoms with Gasteiger partial charge < -0.3 is 15.6 Å². The van der Waals surface area contributed by atoms with Crippen molar-refractivity contribution in [3.8, 4) is 0 Å². The average molecular weight is 249 g/mol. The molecule has 3 heterocycles. The van der Waals surface area contributed by atoms with Crippen molar-refractivity contribution in [3.63, 3.8) is 0 Å². The second kappa shape index (κ2) is 4.51. The third-order valence-electron chi connectivity index (χ3n) is 3.29. The van der Waals surface area contributed by atoms with Gasteiger partial charge in [0.15, 0.2) is 11.5 Å². The number of rotatable bonds is 3. The van der Waals surface area contributed by atoms with Crippen LogP contribution in [0.1, 0.15) is 19.1 Å². The molecule has 18 heavy (non-hydrogen) atoms. The van der Waals surface area contributed by atoms with Crippen molar-refractivity contribution in [2.24, 2.45) is 5.92 Å². The first-order chi connectivity index (χ1) is 8.79. The van der Waals surface area contributed by atoms with Crippen LogP contribution in [0.15, 0.2) is 12.7 Å². The minimum Gasteiger partial charge on any atom is -0.396 e. The summed E-state index contributed by atoms with van der Waals surface area (Å²) < 4.78 is 7.60. The number of imidazole rings is 1. The number of nitrogens with zero attached hydrogens (tertiary/aromatic N) is 4. The van der Waals surface area contributed by atoms with Gasteiger partial charge in [0.25, 0.3) is 0 Å². The molecule has 3 rings (SSSR count). The van der Waals surface area contributed by atoms with E-state index in [1.165, 1.54) is 6.33 Å². The molecule has 1 aliphatic heterocycles. The standard InChI is InChI=1S/C11H15N5O2/c12-10-9-11(14-5-13-10)16(6-15-9)8-3-7(1-2-17)4-18-8/h5-8,17H,1-4H2,(H2,12,13,14)/t7-,8+/m1/s1. The maximum absolute atomic E-state index is 8.94. The number of nitrogen functional groups attached to an aromatic ring is 1. The van der Waals surface area contributed by atoms with Gasteiger partial charge in [-0.15, -0.1) is 0 Å². The molecule has 0 aliphatic carbocycles. The van der Waals surface area contributed by atoms with Crippen LogP contribution >= 0.6 is 0 Å². The molecular formula is C11H15N5O2. The summed E-state index contributed by atoms with van der Waals surface area (Å²) in [4.78, 5) is 12.3. The largest absolute Gasteiger partial charge is 0.396 e. The molecular weight excluding hydrogens is 234 g/mol. The molecule has 2 aromatic rings. The topological polar surface area (TPSA) is 99.1 Å². The first-order valence-electron chi connectivity index (χ1n) is 5.95. The van der Waals surface area contributed by atoms with E-state index in [4.69, 9.17) is 15.6 Å². The van der Waals surface area contributed by atoms with E-state index < -0.39 is 0 Å². The van der Waals surface area contributed by atoms with Crippen molar-refractivity contribution < 1.29 is 9.84 Å². The summed E-state index contributed by atoms with van der Waals surface area (Å²) in [5.41, 5.74) is 7.04. The first-order valence-corrected chi connectivity index (χ1v) is 5.95. The molecule has 1 saturated heterocycles. The second-order valence-electron chi connectivity index (χ2n) is 4.48. The number of fused-ring (bicyclic) bond motifs is 1. The van der Waals surface area contributed by atoms with Crippen LogP contribution in [0, 0.1) is 5.92 Å². The molecule has 0 bridgehead atoms. The van der Waals surface area contributed by atoms with E-state index in [1.807, 2.05) is 4.57 Å². The number of aromatic nitrogens is 4. The Labute approximate surface area is 104 Å². The zero-order valence-corrected chi connectivity index (χ0v) is 9.86. The average Bonchev–Trinajstić information content (AvgIpc) is 2.96. The quantitative estimate of drug-likeness (QED) is 0.813. The third-order valence-corrected chi connectivity index (χ3v) is 3.29. The number of hydrogen-bond donors (Lipinski definition) is 2. The zero-order chi connectivity index (χ0) is 12.5. The Morgan fingerprint density at radius 3 is 3.17 bits per heavy atom. The van der Waals surface area contributed by atoms with E-state index in [1.54, 1.807) is 6.33 Å². The highest BCUT2D eigenvalue weighted by Crippen LogP contribution is 2.31. The summed E-state index contributed by atoms with van der Waals surface area (Å²) in [6, 6.07) is 0. The van der Waals surface area contributed by atoms with Crippen LogP contribution in [-0.4, -0.2) is 37.8 Å². The fourth-order valence-corrected chi connectivity index (χ4v) is 2.33. The molecule has 0 spiro atoms. The molecule has 7 heteroatoms. The van der Waals surface area contributed by atoms with Gasteiger partial charge in [0.1, 0.15) is 18.1 Å². The lowest BCUT2D eigenvalue weighted by molar-refractivity contribution is 0.0563. The lowest BCUT2D eigenvalue weighted by atomic mass is 10.1. The lowest BCUT2D eigenvalue weighted by Crippen LogP contribution is -2.07. The van der Waals surface area contributed by atoms with Gasteiger partial charge >= 0.3 is 0 Å². The van der Waals surface area contributed by atoms with E-state index in [9.17, 15) is 0 Å². The smallest absolute Gasteiger partial charge is 0.167 e. The predicted octanol–water partition coefficient (Wildman–Crippen LogP) is 0.326. The molecule has 1 aliphatic rings. The van der Waals surface area contributed by atoms with Crippen molar-refractivity contribution in [2.75, 3.05) is 18.9 Å². The van der Waals surface area contributed by atoms with Crippen molar-refractivity contribution in [1.82, 2.24) is 19.5 Å². The van der Waals surface area contributed by atoms with Gasteiger partial charge in [-0.25, -0.2) is 15.0 Å². The van der Waals surface area contributed by atoms with Crippen molar-refractivity contribution in [2.45, 2.75) is 19.1 Å². The predicted molar refractivity (Wildman–Crippen MR) is 64.5 cm³/mol. The third kappa shape index (κ3) is 1.81. The number of nitrogens with two attached hydrogens (primary N) is 1. The maximum atomic E-state index is 8.94. The Kier molecular flexibility index (Phi) is 2.85. The minimum absolute atomic E-state index is 0.0825. The van der Waals surface area contributed by atoms with E-state index >= 15 is 0 Å². The summed E-state index contributed by atoms with van der Waals surface area (Å²) in [5, 5.41) is 8.94. The molecule has 0 amide bonds. The second-order valence-corrected chi connectivity index (χ2v) is 4.48. The van der Waals surface area contributed by atoms with Crippen LogP contribution in [0.2, 0.25) is 0 Å². The number of anilines is 1. The summed E-state index contributed by atoms with van der Waals surface area (Å²) in [6.45, 7) is 0.853. The highest BCUT2D eigenvalue weighted by atomic mass is 16.5. The fraction of sp³-hybridized carbons (Fsp3) is 0.545. The highest BCUT2D eigenvalue weighted by Gasteiger charge is 2.27. The van der Waals surface area contributed by atoms with Crippen molar-refractivity contribution in [1.29, 1.82) is 0 Å². The van der Waals surface area contributed by atoms with Crippen LogP contribution < -0.4 is 5.73 Å². The van der Waals surface area contributed by atoms with E-state index in [0.717, 1.165) is 12.8 Å². The van der Waals surface area contributed by atoms with Crippen LogP contribution in [0.25, 0.3) is 11.2 Å². The molecule has 0 unspecified atom stereocenters. The number of hydrogen-bond acceptors (Lipinski definition) is 6. The molecule has 3 N–H and O–H groups in total. The summed E-state index contributed by atoms with van der Waals surface area (Å²) in [7, 11) is 0. The SMILES string of the molecule is Nc1ncnc2c1ncn2[C@@H]1C[C@@H](CCO)CO1. The molecule has 2 aromatic heterocycles. The summed E-state index contributed by atoms with van der Waals surface area (Å²) in [6.07, 6.45) is 4.65. The van der Waals surface area contributed by atoms with Gasteiger partial charge in [-0.1, -0.05) is 0 Å². The van der Waals surface area contributed by atoms with Gasteiger partial charge in [-0.3, -0.25) is 4.57 Å². The molecule has 2 atom stereocenters. The lowest BCUT2D eigenvalue weighted by Gasteiger charge is -2.11. The molecule has 7 nitrogen and oxygen atoms in total. The summed E-state index contributed by atoms with van der Waals surface area (Å²) >= 11 is 0. The van der Waals surface area contributed by atoms with E-state index in [0.29, 0.717) is 29.5 Å². The minimum atomic E-state index is -0.0825. The van der Waals surface area contributed by atoms with Crippen LogP contribution in [0.5, 0.6) is 0 Å². The Morgan fingerprint density at radius 1 is 1.44 bits per heavy atom. The Hall–Kier alpha value is -1.73. The summed E-state index contributed by atoms with van der Waals surface area (Å²) in [5.74, 6) is 0.764. The number of aliphatic hydroxyl groups is 1. The number of aliphatic hydroxyl groups excluding tert-OH is 1. The molecule has 0 saturated carbocycles. The zero-order valence-electron chi connectivity index (χ0n) is 9.86. The molecule has 0 radical (unpaired) electrons. The normalized spacial score (nSPS) is 23.8. The fourth-order valence-electron chi connectivity index (χ4n) is 2.33. The van der Waals surface area contributed by atoms with Gasteiger partial charge in [-0.2, -0.15) is 0 Å². The number of ether oxygens (including phenoxy) is 1. The molecule has 0 aromatic carbocycles. The van der Waals surface area contributed by atoms with Gasteiger partial charge in [0.05, 0.1) is 12.9 Å². The van der Waals surface area contributed by atoms with E-state index in [2.05, 4.69) is 15.0 Å². The van der Waals surface area contributed by atoms with Gasteiger partial charge in [-0.05, 0) is 18.8 Å². The monoisotopic (exact) mass is 249 g/mol. The first kappa shape index (κ1) is 11.4.